The average molecular weight is 481 g/mol. The summed E-state index contributed by atoms with van der Waals surface area (Å²) in [5, 5.41) is 4.50. The Labute approximate surface area is 183 Å². The molecule has 0 unspecified atom stereocenters. The van der Waals surface area contributed by atoms with Gasteiger partial charge < -0.3 is 14.8 Å². The molecule has 0 aromatic heterocycles. The van der Waals surface area contributed by atoms with Crippen molar-refractivity contribution in [2.45, 2.75) is 20.1 Å². The van der Waals surface area contributed by atoms with Crippen molar-refractivity contribution in [3.05, 3.63) is 85.8 Å². The van der Waals surface area contributed by atoms with Crippen LogP contribution in [0.25, 0.3) is 0 Å². The average Bonchev–Trinajstić information content (AvgIpc) is 2.68. The number of anilines is 1. The Balaban J connectivity index is 1.86. The molecule has 0 aliphatic heterocycles. The smallest absolute Gasteiger partial charge is 0.167 e. The van der Waals surface area contributed by atoms with Gasteiger partial charge in [-0.3, -0.25) is 0 Å². The van der Waals surface area contributed by atoms with E-state index in [4.69, 9.17) is 32.7 Å². The Bertz CT molecular complexity index is 979. The fourth-order valence-electron chi connectivity index (χ4n) is 2.80. The monoisotopic (exact) mass is 479 g/mol. The fraction of sp³-hybridized carbons (Fsp3) is 0.182. The molecule has 6 heteroatoms. The zero-order valence-electron chi connectivity index (χ0n) is 15.6. The van der Waals surface area contributed by atoms with E-state index in [0.717, 1.165) is 21.3 Å². The molecule has 0 heterocycles. The van der Waals surface area contributed by atoms with Crippen LogP contribution in [0.5, 0.6) is 11.5 Å². The summed E-state index contributed by atoms with van der Waals surface area (Å²) in [6.07, 6.45) is 0. The molecule has 3 nitrogen and oxygen atoms in total. The van der Waals surface area contributed by atoms with Crippen molar-refractivity contribution in [1.82, 2.24) is 0 Å². The van der Waals surface area contributed by atoms with E-state index < -0.39 is 0 Å². The van der Waals surface area contributed by atoms with Gasteiger partial charge in [-0.2, -0.15) is 0 Å². The van der Waals surface area contributed by atoms with Crippen LogP contribution in [-0.4, -0.2) is 7.11 Å². The topological polar surface area (TPSA) is 30.5 Å². The van der Waals surface area contributed by atoms with E-state index in [1.54, 1.807) is 19.2 Å². The number of methoxy groups -OCH3 is 1. The normalized spacial score (nSPS) is 10.6. The molecular weight excluding hydrogens is 461 g/mol. The molecule has 28 heavy (non-hydrogen) atoms. The first-order valence-corrected chi connectivity index (χ1v) is 10.3. The number of hydrogen-bond acceptors (Lipinski definition) is 3. The third kappa shape index (κ3) is 4.93. The number of halogens is 3. The highest BCUT2D eigenvalue weighted by Crippen LogP contribution is 2.38. The highest BCUT2D eigenvalue weighted by molar-refractivity contribution is 9.10. The molecule has 3 aromatic rings. The number of hydrogen-bond donors (Lipinski definition) is 1. The fourth-order valence-corrected chi connectivity index (χ4v) is 3.73. The Morgan fingerprint density at radius 1 is 1.04 bits per heavy atom. The molecule has 0 aliphatic carbocycles. The maximum absolute atomic E-state index is 6.28. The van der Waals surface area contributed by atoms with Crippen LogP contribution in [0, 0.1) is 6.92 Å². The van der Waals surface area contributed by atoms with Crippen molar-refractivity contribution >= 4 is 44.8 Å². The van der Waals surface area contributed by atoms with Gasteiger partial charge in [0.15, 0.2) is 11.5 Å². The van der Waals surface area contributed by atoms with Gasteiger partial charge in [0.1, 0.15) is 6.61 Å². The molecule has 0 amide bonds. The molecule has 3 rings (SSSR count). The lowest BCUT2D eigenvalue weighted by Crippen LogP contribution is -2.07. The number of rotatable bonds is 7. The highest BCUT2D eigenvalue weighted by Gasteiger charge is 2.16. The van der Waals surface area contributed by atoms with Gasteiger partial charge >= 0.3 is 0 Å². The first kappa shape index (κ1) is 20.8. The van der Waals surface area contributed by atoms with Gasteiger partial charge in [-0.1, -0.05) is 63.4 Å². The van der Waals surface area contributed by atoms with Crippen LogP contribution >= 0.6 is 39.1 Å². The molecule has 0 saturated heterocycles. The van der Waals surface area contributed by atoms with Gasteiger partial charge in [-0.05, 0) is 48.4 Å². The number of ether oxygens (including phenoxy) is 2. The maximum atomic E-state index is 6.28. The zero-order valence-corrected chi connectivity index (χ0v) is 18.7. The van der Waals surface area contributed by atoms with Crippen LogP contribution in [0.1, 0.15) is 16.7 Å². The number of aryl methyl sites for hydroxylation is 1. The molecule has 0 aliphatic rings. The SMILES string of the molecule is COc1ccc(Br)c(CNc2ccc(Cl)cc2Cl)c1OCc1ccccc1C. The number of benzene rings is 3. The van der Waals surface area contributed by atoms with E-state index in [0.29, 0.717) is 34.7 Å². The summed E-state index contributed by atoms with van der Waals surface area (Å²) in [5.41, 5.74) is 4.05. The van der Waals surface area contributed by atoms with Gasteiger partial charge in [-0.15, -0.1) is 0 Å². The summed E-state index contributed by atoms with van der Waals surface area (Å²) in [6.45, 7) is 3.03. The lowest BCUT2D eigenvalue weighted by Gasteiger charge is -2.18. The van der Waals surface area contributed by atoms with Gasteiger partial charge in [-0.25, -0.2) is 0 Å². The van der Waals surface area contributed by atoms with Gasteiger partial charge in [0, 0.05) is 21.6 Å². The summed E-state index contributed by atoms with van der Waals surface area (Å²) < 4.78 is 12.7. The van der Waals surface area contributed by atoms with E-state index in [-0.39, 0.29) is 0 Å². The molecule has 0 saturated carbocycles. The van der Waals surface area contributed by atoms with Crippen molar-refractivity contribution in [3.8, 4) is 11.5 Å². The van der Waals surface area contributed by atoms with Crippen molar-refractivity contribution in [3.63, 3.8) is 0 Å². The molecule has 0 spiro atoms. The van der Waals surface area contributed by atoms with E-state index in [9.17, 15) is 0 Å². The third-order valence-corrected chi connectivity index (χ3v) is 5.70. The third-order valence-electron chi connectivity index (χ3n) is 4.41. The van der Waals surface area contributed by atoms with Gasteiger partial charge in [0.05, 0.1) is 17.8 Å². The minimum absolute atomic E-state index is 0.453. The van der Waals surface area contributed by atoms with Crippen molar-refractivity contribution in [1.29, 1.82) is 0 Å². The van der Waals surface area contributed by atoms with E-state index in [1.165, 1.54) is 5.56 Å². The van der Waals surface area contributed by atoms with Crippen LogP contribution in [0.3, 0.4) is 0 Å². The van der Waals surface area contributed by atoms with Gasteiger partial charge in [0.2, 0.25) is 0 Å². The Hall–Kier alpha value is -1.88. The molecule has 3 aromatic carbocycles. The van der Waals surface area contributed by atoms with Crippen LogP contribution in [0.15, 0.2) is 59.1 Å². The Morgan fingerprint density at radius 2 is 1.82 bits per heavy atom. The standard InChI is InChI=1S/C22H20BrCl2NO2/c1-14-5-3-4-6-15(14)13-28-22-17(18(23)8-10-21(22)27-2)12-26-20-9-7-16(24)11-19(20)25/h3-11,26H,12-13H2,1-2H3. The molecule has 0 bridgehead atoms. The van der Waals surface area contributed by atoms with E-state index >= 15 is 0 Å². The summed E-state index contributed by atoms with van der Waals surface area (Å²) in [7, 11) is 1.64. The van der Waals surface area contributed by atoms with E-state index in [1.807, 2.05) is 30.3 Å². The van der Waals surface area contributed by atoms with Crippen LogP contribution in [0.4, 0.5) is 5.69 Å². The second kappa shape index (κ2) is 9.55. The second-order valence-electron chi connectivity index (χ2n) is 6.25. The van der Waals surface area contributed by atoms with Crippen molar-refractivity contribution < 1.29 is 9.47 Å². The summed E-state index contributed by atoms with van der Waals surface area (Å²) in [5.74, 6) is 1.37. The van der Waals surface area contributed by atoms with Crippen LogP contribution < -0.4 is 14.8 Å². The molecule has 1 N–H and O–H groups in total. The maximum Gasteiger partial charge on any atom is 0.167 e. The molecule has 0 fully saturated rings. The van der Waals surface area contributed by atoms with Crippen LogP contribution in [0.2, 0.25) is 10.0 Å². The molecular formula is C22H20BrCl2NO2. The van der Waals surface area contributed by atoms with Crippen LogP contribution in [-0.2, 0) is 13.2 Å². The summed E-state index contributed by atoms with van der Waals surface area (Å²) >= 11 is 15.9. The zero-order chi connectivity index (χ0) is 20.1. The van der Waals surface area contributed by atoms with Crippen molar-refractivity contribution in [2.24, 2.45) is 0 Å². The Morgan fingerprint density at radius 3 is 2.54 bits per heavy atom. The highest BCUT2D eigenvalue weighted by atomic mass is 79.9. The first-order chi connectivity index (χ1) is 13.5. The van der Waals surface area contributed by atoms with E-state index in [2.05, 4.69) is 40.3 Å². The summed E-state index contributed by atoms with van der Waals surface area (Å²) in [6, 6.07) is 17.3. The number of nitrogens with one attached hydrogen (secondary N) is 1. The van der Waals surface area contributed by atoms with Crippen molar-refractivity contribution in [2.75, 3.05) is 12.4 Å². The van der Waals surface area contributed by atoms with Gasteiger partial charge in [0.25, 0.3) is 0 Å². The quantitative estimate of drug-likeness (QED) is 0.385. The molecule has 146 valence electrons. The largest absolute Gasteiger partial charge is 0.493 e. The molecule has 0 atom stereocenters. The predicted octanol–water partition coefficient (Wildman–Crippen LogP) is 7.26. The lowest BCUT2D eigenvalue weighted by atomic mass is 10.1. The molecule has 0 radical (unpaired) electrons. The second-order valence-corrected chi connectivity index (χ2v) is 7.95. The lowest BCUT2D eigenvalue weighted by molar-refractivity contribution is 0.281. The Kier molecular flexibility index (Phi) is 7.11. The minimum atomic E-state index is 0.453. The summed E-state index contributed by atoms with van der Waals surface area (Å²) in [4.78, 5) is 0. The predicted molar refractivity (Wildman–Crippen MR) is 120 cm³/mol. The first-order valence-electron chi connectivity index (χ1n) is 8.71. The minimum Gasteiger partial charge on any atom is -0.493 e.